The lowest BCUT2D eigenvalue weighted by Crippen LogP contribution is -2.29. The molecule has 3 atom stereocenters. The van der Waals surface area contributed by atoms with Crippen LogP contribution in [0.3, 0.4) is 0 Å². The molecule has 19 heavy (non-hydrogen) atoms. The Morgan fingerprint density at radius 1 is 1.42 bits per heavy atom. The normalized spacial score (nSPS) is 24.4. The average Bonchev–Trinajstić information content (AvgIpc) is 2.86. The Hall–Kier alpha value is -0.190. The Bertz CT molecular complexity index is 427. The van der Waals surface area contributed by atoms with Gasteiger partial charge in [0, 0.05) is 17.3 Å². The lowest BCUT2D eigenvalue weighted by Gasteiger charge is -2.20. The fourth-order valence-corrected chi connectivity index (χ4v) is 4.06. The molecule has 0 spiro atoms. The maximum Gasteiger partial charge on any atom is 0.133 e. The minimum Gasteiger partial charge on any atom is -0.496 e. The number of benzene rings is 1. The molecular formula is C15H22BrNOS. The highest BCUT2D eigenvalue weighted by molar-refractivity contribution is 9.10. The Labute approximate surface area is 128 Å². The second-order valence-electron chi connectivity index (χ2n) is 5.15. The third-order valence-electron chi connectivity index (χ3n) is 3.88. The average molecular weight is 344 g/mol. The van der Waals surface area contributed by atoms with Gasteiger partial charge in [-0.25, -0.2) is 0 Å². The van der Waals surface area contributed by atoms with Gasteiger partial charge in [0.05, 0.1) is 11.6 Å². The summed E-state index contributed by atoms with van der Waals surface area (Å²) in [6.45, 7) is 2.24. The van der Waals surface area contributed by atoms with Crippen molar-refractivity contribution in [1.82, 2.24) is 5.32 Å². The van der Waals surface area contributed by atoms with Gasteiger partial charge < -0.3 is 10.1 Å². The molecule has 1 fully saturated rings. The van der Waals surface area contributed by atoms with Crippen molar-refractivity contribution in [2.75, 3.05) is 13.4 Å². The monoisotopic (exact) mass is 343 g/mol. The zero-order valence-corrected chi connectivity index (χ0v) is 14.2. The van der Waals surface area contributed by atoms with E-state index in [-0.39, 0.29) is 0 Å². The number of thioether (sulfide) groups is 1. The molecule has 1 aliphatic rings. The highest BCUT2D eigenvalue weighted by Crippen LogP contribution is 2.31. The van der Waals surface area contributed by atoms with E-state index in [4.69, 9.17) is 4.74 Å². The third-order valence-corrected chi connectivity index (χ3v) is 5.59. The lowest BCUT2D eigenvalue weighted by molar-refractivity contribution is 0.411. The fourth-order valence-electron chi connectivity index (χ4n) is 2.71. The molecule has 2 nitrogen and oxygen atoms in total. The minimum atomic E-state index is 0.382. The minimum absolute atomic E-state index is 0.382. The van der Waals surface area contributed by atoms with Gasteiger partial charge in [0.1, 0.15) is 5.75 Å². The molecule has 0 radical (unpaired) electrons. The summed E-state index contributed by atoms with van der Waals surface area (Å²) in [5.74, 6) is 0.888. The Morgan fingerprint density at radius 2 is 2.21 bits per heavy atom. The molecule has 1 aromatic rings. The summed E-state index contributed by atoms with van der Waals surface area (Å²) in [5.41, 5.74) is 1.31. The summed E-state index contributed by atoms with van der Waals surface area (Å²) in [7, 11) is 1.70. The van der Waals surface area contributed by atoms with Crippen molar-refractivity contribution in [3.63, 3.8) is 0 Å². The summed E-state index contributed by atoms with van der Waals surface area (Å²) in [6.07, 6.45) is 6.16. The van der Waals surface area contributed by atoms with Gasteiger partial charge in [-0.2, -0.15) is 11.8 Å². The smallest absolute Gasteiger partial charge is 0.133 e. The number of halogens is 1. The molecule has 0 saturated heterocycles. The molecule has 1 N–H and O–H groups in total. The molecule has 3 unspecified atom stereocenters. The predicted molar refractivity (Wildman–Crippen MR) is 87.2 cm³/mol. The Balaban J connectivity index is 1.96. The van der Waals surface area contributed by atoms with Crippen molar-refractivity contribution in [2.45, 2.75) is 43.5 Å². The number of hydrogen-bond acceptors (Lipinski definition) is 3. The molecule has 0 bridgehead atoms. The first kappa shape index (κ1) is 15.2. The molecule has 4 heteroatoms. The first-order valence-corrected chi connectivity index (χ1v) is 8.84. The van der Waals surface area contributed by atoms with Crippen LogP contribution in [-0.2, 0) is 0 Å². The van der Waals surface area contributed by atoms with Crippen LogP contribution in [0, 0.1) is 0 Å². The molecule has 2 rings (SSSR count). The van der Waals surface area contributed by atoms with Crippen molar-refractivity contribution < 1.29 is 4.74 Å². The van der Waals surface area contributed by atoms with Crippen LogP contribution in [0.1, 0.15) is 37.8 Å². The zero-order chi connectivity index (χ0) is 13.8. The van der Waals surface area contributed by atoms with Crippen LogP contribution in [0.25, 0.3) is 0 Å². The highest BCUT2D eigenvalue weighted by Gasteiger charge is 2.25. The molecule has 0 aromatic heterocycles. The molecule has 0 heterocycles. The quantitative estimate of drug-likeness (QED) is 0.856. The molecule has 1 aliphatic carbocycles. The van der Waals surface area contributed by atoms with Crippen molar-refractivity contribution >= 4 is 27.7 Å². The van der Waals surface area contributed by atoms with Crippen LogP contribution in [-0.4, -0.2) is 24.7 Å². The van der Waals surface area contributed by atoms with Crippen LogP contribution in [0.2, 0.25) is 0 Å². The van der Waals surface area contributed by atoms with Gasteiger partial charge in [0.2, 0.25) is 0 Å². The number of hydrogen-bond donors (Lipinski definition) is 1. The van der Waals surface area contributed by atoms with E-state index in [1.54, 1.807) is 7.11 Å². The second-order valence-corrected chi connectivity index (χ2v) is 7.14. The van der Waals surface area contributed by atoms with Crippen LogP contribution >= 0.6 is 27.7 Å². The van der Waals surface area contributed by atoms with Crippen LogP contribution < -0.4 is 10.1 Å². The van der Waals surface area contributed by atoms with Gasteiger partial charge >= 0.3 is 0 Å². The van der Waals surface area contributed by atoms with Crippen LogP contribution in [0.4, 0.5) is 0 Å². The van der Waals surface area contributed by atoms with Gasteiger partial charge in [-0.05, 0) is 66.1 Å². The molecule has 106 valence electrons. The largest absolute Gasteiger partial charge is 0.496 e. The van der Waals surface area contributed by atoms with Gasteiger partial charge in [0.25, 0.3) is 0 Å². The van der Waals surface area contributed by atoms with E-state index in [0.29, 0.717) is 12.1 Å². The summed E-state index contributed by atoms with van der Waals surface area (Å²) < 4.78 is 6.29. The summed E-state index contributed by atoms with van der Waals surface area (Å²) in [4.78, 5) is 0. The van der Waals surface area contributed by atoms with E-state index >= 15 is 0 Å². The van der Waals surface area contributed by atoms with Gasteiger partial charge in [0.15, 0.2) is 0 Å². The number of rotatable bonds is 5. The first-order chi connectivity index (χ1) is 9.13. The maximum absolute atomic E-state index is 5.27. The Morgan fingerprint density at radius 3 is 2.79 bits per heavy atom. The molecule has 1 aromatic carbocycles. The number of nitrogens with one attached hydrogen (secondary N) is 1. The van der Waals surface area contributed by atoms with E-state index in [0.717, 1.165) is 15.5 Å². The summed E-state index contributed by atoms with van der Waals surface area (Å²) in [5, 5.41) is 4.59. The van der Waals surface area contributed by atoms with E-state index in [1.165, 1.54) is 24.8 Å². The molecule has 1 saturated carbocycles. The fraction of sp³-hybridized carbons (Fsp3) is 0.600. The summed E-state index contributed by atoms with van der Waals surface area (Å²) in [6, 6.07) is 7.36. The lowest BCUT2D eigenvalue weighted by atomic mass is 10.1. The van der Waals surface area contributed by atoms with Gasteiger partial charge in [-0.3, -0.25) is 0 Å². The first-order valence-electron chi connectivity index (χ1n) is 6.76. The van der Waals surface area contributed by atoms with E-state index in [1.807, 2.05) is 17.8 Å². The molecule has 0 aliphatic heterocycles. The van der Waals surface area contributed by atoms with Crippen molar-refractivity contribution in [2.24, 2.45) is 0 Å². The van der Waals surface area contributed by atoms with Crippen LogP contribution in [0.15, 0.2) is 22.7 Å². The van der Waals surface area contributed by atoms with Gasteiger partial charge in [-0.15, -0.1) is 0 Å². The highest BCUT2D eigenvalue weighted by atomic mass is 79.9. The van der Waals surface area contributed by atoms with Crippen LogP contribution in [0.5, 0.6) is 5.75 Å². The second kappa shape index (κ2) is 7.00. The van der Waals surface area contributed by atoms with Gasteiger partial charge in [-0.1, -0.05) is 6.07 Å². The van der Waals surface area contributed by atoms with Crippen molar-refractivity contribution in [3.05, 3.63) is 28.2 Å². The Kier molecular flexibility index (Phi) is 5.60. The van der Waals surface area contributed by atoms with E-state index < -0.39 is 0 Å². The molecule has 0 amide bonds. The predicted octanol–water partition coefficient (Wildman–Crippen LogP) is 4.39. The van der Waals surface area contributed by atoms with E-state index in [9.17, 15) is 0 Å². The summed E-state index contributed by atoms with van der Waals surface area (Å²) >= 11 is 5.56. The maximum atomic E-state index is 5.27. The van der Waals surface area contributed by atoms with Crippen molar-refractivity contribution in [1.29, 1.82) is 0 Å². The zero-order valence-electron chi connectivity index (χ0n) is 11.8. The molecular weight excluding hydrogens is 322 g/mol. The SMILES string of the molecule is COc1ccc(C(C)NC2CCC(SC)C2)cc1Br. The third kappa shape index (κ3) is 3.89. The standard InChI is InChI=1S/C15H22BrNOS/c1-10(17-12-5-6-13(9-12)19-3)11-4-7-15(18-2)14(16)8-11/h4,7-8,10,12-13,17H,5-6,9H2,1-3H3. The number of methoxy groups -OCH3 is 1. The van der Waals surface area contributed by atoms with E-state index in [2.05, 4.69) is 46.6 Å². The number of ether oxygens (including phenoxy) is 1. The topological polar surface area (TPSA) is 21.3 Å². The van der Waals surface area contributed by atoms with Crippen molar-refractivity contribution in [3.8, 4) is 5.75 Å².